The van der Waals surface area contributed by atoms with E-state index in [0.29, 0.717) is 24.9 Å². The molecule has 6 nitrogen and oxygen atoms in total. The van der Waals surface area contributed by atoms with Crippen LogP contribution in [0.4, 0.5) is 5.82 Å². The Balaban J connectivity index is 2.04. The van der Waals surface area contributed by atoms with Crippen molar-refractivity contribution in [3.63, 3.8) is 0 Å². The van der Waals surface area contributed by atoms with Gasteiger partial charge in [0, 0.05) is 13.2 Å². The van der Waals surface area contributed by atoms with Gasteiger partial charge in [-0.2, -0.15) is 0 Å². The smallest absolute Gasteiger partial charge is 0.354 e. The number of hydrogen-bond acceptors (Lipinski definition) is 5. The summed E-state index contributed by atoms with van der Waals surface area (Å²) in [5.74, 6) is -0.269. The van der Waals surface area contributed by atoms with Crippen LogP contribution in [0, 0.1) is 5.92 Å². The second-order valence-corrected chi connectivity index (χ2v) is 4.60. The lowest BCUT2D eigenvalue weighted by molar-refractivity contribution is 0.0533. The Bertz CT molecular complexity index is 432. The second kappa shape index (κ2) is 6.49. The predicted molar refractivity (Wildman–Crippen MR) is 69.2 cm³/mol. The molecule has 1 aromatic heterocycles. The molecule has 1 aliphatic heterocycles. The van der Waals surface area contributed by atoms with Gasteiger partial charge in [0.1, 0.15) is 5.82 Å². The number of aromatic carboxylic acids is 1. The van der Waals surface area contributed by atoms with E-state index in [4.69, 9.17) is 9.84 Å². The first-order valence-electron chi connectivity index (χ1n) is 6.36. The van der Waals surface area contributed by atoms with Gasteiger partial charge in [-0.15, -0.1) is 0 Å². The minimum Gasteiger partial charge on any atom is -0.477 e. The summed E-state index contributed by atoms with van der Waals surface area (Å²) in [7, 11) is 0. The van der Waals surface area contributed by atoms with Crippen molar-refractivity contribution < 1.29 is 19.7 Å². The number of pyridine rings is 1. The van der Waals surface area contributed by atoms with Crippen LogP contribution in [0.25, 0.3) is 0 Å². The molecule has 0 amide bonds. The molecular formula is C13H18N2O4. The fourth-order valence-corrected chi connectivity index (χ4v) is 2.25. The average Bonchev–Trinajstić information content (AvgIpc) is 2.46. The number of carboxylic acids is 1. The van der Waals surface area contributed by atoms with Crippen molar-refractivity contribution in [2.45, 2.75) is 18.9 Å². The number of nitrogens with zero attached hydrogens (tertiary/aromatic N) is 1. The summed E-state index contributed by atoms with van der Waals surface area (Å²) < 4.78 is 5.29. The summed E-state index contributed by atoms with van der Waals surface area (Å²) in [6.45, 7) is 1.39. The molecule has 0 saturated carbocycles. The molecule has 3 N–H and O–H groups in total. The van der Waals surface area contributed by atoms with Crippen molar-refractivity contribution in [3.05, 3.63) is 23.9 Å². The molecule has 0 aromatic carbocycles. The number of anilines is 1. The Labute approximate surface area is 111 Å². The normalized spacial score (nSPS) is 17.9. The lowest BCUT2D eigenvalue weighted by atomic mass is 9.92. The molecule has 2 heterocycles. The van der Waals surface area contributed by atoms with Crippen LogP contribution in [0.3, 0.4) is 0 Å². The number of nitrogens with one attached hydrogen (secondary N) is 1. The number of carbonyl (C=O) groups is 1. The van der Waals surface area contributed by atoms with E-state index in [1.54, 1.807) is 12.1 Å². The van der Waals surface area contributed by atoms with E-state index in [9.17, 15) is 9.90 Å². The first kappa shape index (κ1) is 13.8. The van der Waals surface area contributed by atoms with Crippen molar-refractivity contribution in [1.82, 2.24) is 4.98 Å². The zero-order valence-corrected chi connectivity index (χ0v) is 10.6. The maximum atomic E-state index is 10.9. The van der Waals surface area contributed by atoms with E-state index >= 15 is 0 Å². The van der Waals surface area contributed by atoms with Crippen LogP contribution >= 0.6 is 0 Å². The van der Waals surface area contributed by atoms with Crippen LogP contribution in [0.2, 0.25) is 0 Å². The van der Waals surface area contributed by atoms with Gasteiger partial charge >= 0.3 is 5.97 Å². The Morgan fingerprint density at radius 3 is 2.84 bits per heavy atom. The molecular weight excluding hydrogens is 248 g/mol. The van der Waals surface area contributed by atoms with Crippen LogP contribution in [0.15, 0.2) is 18.2 Å². The summed E-state index contributed by atoms with van der Waals surface area (Å²) >= 11 is 0. The first-order valence-corrected chi connectivity index (χ1v) is 6.36. The average molecular weight is 266 g/mol. The molecule has 2 rings (SSSR count). The quantitative estimate of drug-likeness (QED) is 0.736. The SMILES string of the molecule is O=C(O)c1cccc(NC(CO)C2CCOCC2)n1. The van der Waals surface area contributed by atoms with Gasteiger partial charge in [-0.05, 0) is 30.9 Å². The molecule has 1 atom stereocenters. The lowest BCUT2D eigenvalue weighted by Crippen LogP contribution is -2.36. The van der Waals surface area contributed by atoms with Crippen molar-refractivity contribution in [3.8, 4) is 0 Å². The van der Waals surface area contributed by atoms with Crippen LogP contribution in [-0.2, 0) is 4.74 Å². The van der Waals surface area contributed by atoms with Crippen molar-refractivity contribution in [2.75, 3.05) is 25.1 Å². The Kier molecular flexibility index (Phi) is 4.70. The van der Waals surface area contributed by atoms with Gasteiger partial charge in [0.25, 0.3) is 0 Å². The number of aliphatic hydroxyl groups is 1. The van der Waals surface area contributed by atoms with Gasteiger partial charge < -0.3 is 20.3 Å². The van der Waals surface area contributed by atoms with Crippen LogP contribution in [-0.4, -0.2) is 47.0 Å². The molecule has 1 saturated heterocycles. The minimum atomic E-state index is -1.06. The van der Waals surface area contributed by atoms with Gasteiger partial charge in [0.15, 0.2) is 5.69 Å². The fourth-order valence-electron chi connectivity index (χ4n) is 2.25. The van der Waals surface area contributed by atoms with Gasteiger partial charge in [-0.25, -0.2) is 9.78 Å². The molecule has 0 radical (unpaired) electrons. The monoisotopic (exact) mass is 266 g/mol. The standard InChI is InChI=1S/C13H18N2O4/c16-8-11(9-4-6-19-7-5-9)15-12-3-1-2-10(14-12)13(17)18/h1-3,9,11,16H,4-8H2,(H,14,15)(H,17,18). The number of rotatable bonds is 5. The zero-order chi connectivity index (χ0) is 13.7. The topological polar surface area (TPSA) is 91.7 Å². The van der Waals surface area contributed by atoms with E-state index in [0.717, 1.165) is 12.8 Å². The van der Waals surface area contributed by atoms with Gasteiger partial charge in [-0.3, -0.25) is 0 Å². The molecule has 104 valence electrons. The van der Waals surface area contributed by atoms with E-state index in [1.165, 1.54) is 6.07 Å². The van der Waals surface area contributed by atoms with E-state index in [-0.39, 0.29) is 18.3 Å². The molecule has 1 aliphatic rings. The predicted octanol–water partition coefficient (Wildman–Crippen LogP) is 0.979. The highest BCUT2D eigenvalue weighted by Crippen LogP contribution is 2.21. The maximum Gasteiger partial charge on any atom is 0.354 e. The molecule has 1 aromatic rings. The number of carboxylic acid groups (broad SMARTS) is 1. The largest absolute Gasteiger partial charge is 0.477 e. The Morgan fingerprint density at radius 1 is 1.47 bits per heavy atom. The van der Waals surface area contributed by atoms with E-state index in [1.807, 2.05) is 0 Å². The van der Waals surface area contributed by atoms with Crippen LogP contribution in [0.5, 0.6) is 0 Å². The third-order valence-electron chi connectivity index (χ3n) is 3.33. The first-order chi connectivity index (χ1) is 9.20. The lowest BCUT2D eigenvalue weighted by Gasteiger charge is -2.30. The van der Waals surface area contributed by atoms with Crippen LogP contribution < -0.4 is 5.32 Å². The van der Waals surface area contributed by atoms with E-state index < -0.39 is 5.97 Å². The van der Waals surface area contributed by atoms with Crippen molar-refractivity contribution in [2.24, 2.45) is 5.92 Å². The second-order valence-electron chi connectivity index (χ2n) is 4.60. The summed E-state index contributed by atoms with van der Waals surface area (Å²) in [5, 5.41) is 21.5. The molecule has 1 unspecified atom stereocenters. The van der Waals surface area contributed by atoms with Gasteiger partial charge in [-0.1, -0.05) is 6.07 Å². The molecule has 6 heteroatoms. The summed E-state index contributed by atoms with van der Waals surface area (Å²) in [6, 6.07) is 4.65. The molecule has 1 fully saturated rings. The summed E-state index contributed by atoms with van der Waals surface area (Å²) in [5.41, 5.74) is -0.00586. The zero-order valence-electron chi connectivity index (χ0n) is 10.6. The maximum absolute atomic E-state index is 10.9. The fraction of sp³-hybridized carbons (Fsp3) is 0.538. The third-order valence-corrected chi connectivity index (χ3v) is 3.33. The highest BCUT2D eigenvalue weighted by atomic mass is 16.5. The third kappa shape index (κ3) is 3.65. The van der Waals surface area contributed by atoms with Gasteiger partial charge in [0.2, 0.25) is 0 Å². The minimum absolute atomic E-state index is 0.00586. The Hall–Kier alpha value is -1.66. The number of aliphatic hydroxyl groups excluding tert-OH is 1. The molecule has 19 heavy (non-hydrogen) atoms. The molecule has 0 bridgehead atoms. The van der Waals surface area contributed by atoms with Crippen molar-refractivity contribution >= 4 is 11.8 Å². The number of aromatic nitrogens is 1. The van der Waals surface area contributed by atoms with Gasteiger partial charge in [0.05, 0.1) is 12.6 Å². The summed E-state index contributed by atoms with van der Waals surface area (Å²) in [6.07, 6.45) is 1.77. The highest BCUT2D eigenvalue weighted by Gasteiger charge is 2.23. The highest BCUT2D eigenvalue weighted by molar-refractivity contribution is 5.85. The Morgan fingerprint density at radius 2 is 2.21 bits per heavy atom. The molecule has 0 spiro atoms. The van der Waals surface area contributed by atoms with Crippen LogP contribution in [0.1, 0.15) is 23.3 Å². The number of hydrogen-bond donors (Lipinski definition) is 3. The van der Waals surface area contributed by atoms with E-state index in [2.05, 4.69) is 10.3 Å². The number of ether oxygens (including phenoxy) is 1. The summed E-state index contributed by atoms with van der Waals surface area (Å²) in [4.78, 5) is 14.9. The molecule has 0 aliphatic carbocycles. The van der Waals surface area contributed by atoms with Crippen molar-refractivity contribution in [1.29, 1.82) is 0 Å².